The molecule has 3 aromatic heterocycles. The molecular weight excluding hydrogens is 360 g/mol. The van der Waals surface area contributed by atoms with Gasteiger partial charge in [0, 0.05) is 29.9 Å². The molecule has 1 atom stereocenters. The van der Waals surface area contributed by atoms with Crippen molar-refractivity contribution in [2.75, 3.05) is 16.8 Å². The molecule has 1 aliphatic heterocycles. The Morgan fingerprint density at radius 1 is 1.33 bits per heavy atom. The average molecular weight is 380 g/mol. The summed E-state index contributed by atoms with van der Waals surface area (Å²) in [4.78, 5) is 33.0. The lowest BCUT2D eigenvalue weighted by atomic mass is 10.1. The van der Waals surface area contributed by atoms with Gasteiger partial charge in [-0.05, 0) is 43.7 Å². The fraction of sp³-hybridized carbons (Fsp3) is 0.250. The van der Waals surface area contributed by atoms with Crippen LogP contribution < -0.4 is 10.2 Å². The number of hydrogen-bond donors (Lipinski definition) is 1. The molecule has 1 N–H and O–H groups in total. The first kappa shape index (κ1) is 17.5. The van der Waals surface area contributed by atoms with Crippen LogP contribution in [0, 0.1) is 0 Å². The normalized spacial score (nSPS) is 16.3. The number of amides is 2. The maximum absolute atomic E-state index is 13.2. The van der Waals surface area contributed by atoms with Crippen LogP contribution in [0.25, 0.3) is 0 Å². The van der Waals surface area contributed by atoms with Crippen LogP contribution in [0.2, 0.25) is 0 Å². The van der Waals surface area contributed by atoms with Crippen molar-refractivity contribution < 1.29 is 9.59 Å². The Morgan fingerprint density at radius 3 is 2.89 bits per heavy atom. The number of carbonyl (C=O) groups is 2. The third-order valence-corrected chi connectivity index (χ3v) is 5.96. The van der Waals surface area contributed by atoms with E-state index >= 15 is 0 Å². The predicted octanol–water partition coefficient (Wildman–Crippen LogP) is 3.98. The minimum absolute atomic E-state index is 0.0878. The van der Waals surface area contributed by atoms with Crippen LogP contribution in [-0.4, -0.2) is 27.9 Å². The molecular formula is C20H20N4O2S. The zero-order chi connectivity index (χ0) is 19.0. The number of aromatic nitrogens is 2. The minimum Gasteiger partial charge on any atom is -0.338 e. The minimum atomic E-state index is -0.306. The van der Waals surface area contributed by atoms with E-state index in [0.29, 0.717) is 23.5 Å². The van der Waals surface area contributed by atoms with E-state index in [9.17, 15) is 9.59 Å². The topological polar surface area (TPSA) is 67.2 Å². The second-order valence-electron chi connectivity index (χ2n) is 6.54. The van der Waals surface area contributed by atoms with Crippen LogP contribution in [-0.2, 0) is 6.42 Å². The van der Waals surface area contributed by atoms with Gasteiger partial charge in [-0.2, -0.15) is 0 Å². The smallest absolute Gasteiger partial charge is 0.276 e. The fourth-order valence-corrected chi connectivity index (χ4v) is 4.27. The Bertz CT molecular complexity index is 993. The molecule has 0 aromatic carbocycles. The fourth-order valence-electron chi connectivity index (χ4n) is 3.31. The molecule has 0 aliphatic carbocycles. The SMILES string of the molecule is CCc1ccc(N2C[C@H](C)n3ccc(C(=O)Nc4cccnc4)c3C2=O)s1. The third-order valence-electron chi connectivity index (χ3n) is 4.71. The van der Waals surface area contributed by atoms with Crippen LogP contribution in [0.15, 0.2) is 48.9 Å². The lowest BCUT2D eigenvalue weighted by molar-refractivity contribution is 0.0943. The predicted molar refractivity (Wildman–Crippen MR) is 107 cm³/mol. The van der Waals surface area contributed by atoms with Crippen molar-refractivity contribution in [3.8, 4) is 0 Å². The summed E-state index contributed by atoms with van der Waals surface area (Å²) in [5.41, 5.74) is 1.41. The number of fused-ring (bicyclic) bond motifs is 1. The molecule has 0 fully saturated rings. The summed E-state index contributed by atoms with van der Waals surface area (Å²) in [6.45, 7) is 4.75. The number of aryl methyl sites for hydroxylation is 1. The number of thiophene rings is 1. The molecule has 27 heavy (non-hydrogen) atoms. The highest BCUT2D eigenvalue weighted by Crippen LogP contribution is 2.33. The van der Waals surface area contributed by atoms with Gasteiger partial charge in [-0.3, -0.25) is 19.5 Å². The molecule has 4 heterocycles. The van der Waals surface area contributed by atoms with Gasteiger partial charge in [-0.1, -0.05) is 6.92 Å². The maximum atomic E-state index is 13.2. The maximum Gasteiger partial charge on any atom is 0.276 e. The van der Waals surface area contributed by atoms with Gasteiger partial charge in [-0.25, -0.2) is 0 Å². The van der Waals surface area contributed by atoms with Crippen molar-refractivity contribution in [3.05, 3.63) is 65.1 Å². The molecule has 1 aliphatic rings. The van der Waals surface area contributed by atoms with E-state index in [4.69, 9.17) is 0 Å². The summed E-state index contributed by atoms with van der Waals surface area (Å²) >= 11 is 1.63. The van der Waals surface area contributed by atoms with Gasteiger partial charge in [0.15, 0.2) is 0 Å². The first-order chi connectivity index (χ1) is 13.1. The molecule has 0 bridgehead atoms. The van der Waals surface area contributed by atoms with E-state index in [0.717, 1.165) is 11.4 Å². The Hall–Kier alpha value is -2.93. The quantitative estimate of drug-likeness (QED) is 0.744. The number of rotatable bonds is 4. The van der Waals surface area contributed by atoms with E-state index in [2.05, 4.69) is 30.2 Å². The van der Waals surface area contributed by atoms with Crippen LogP contribution in [0.4, 0.5) is 10.7 Å². The van der Waals surface area contributed by atoms with Crippen LogP contribution in [0.1, 0.15) is 45.6 Å². The van der Waals surface area contributed by atoms with E-state index < -0.39 is 0 Å². The second-order valence-corrected chi connectivity index (χ2v) is 7.69. The summed E-state index contributed by atoms with van der Waals surface area (Å²) in [6, 6.07) is 9.36. The third kappa shape index (κ3) is 3.14. The van der Waals surface area contributed by atoms with Crippen molar-refractivity contribution >= 4 is 33.8 Å². The first-order valence-electron chi connectivity index (χ1n) is 8.91. The summed E-state index contributed by atoms with van der Waals surface area (Å²) in [6.07, 6.45) is 5.98. The highest BCUT2D eigenvalue weighted by molar-refractivity contribution is 7.16. The van der Waals surface area contributed by atoms with Crippen molar-refractivity contribution in [1.82, 2.24) is 9.55 Å². The molecule has 0 spiro atoms. The number of hydrogen-bond acceptors (Lipinski definition) is 4. The summed E-state index contributed by atoms with van der Waals surface area (Å²) < 4.78 is 1.89. The highest BCUT2D eigenvalue weighted by Gasteiger charge is 2.34. The summed E-state index contributed by atoms with van der Waals surface area (Å²) in [7, 11) is 0. The Morgan fingerprint density at radius 2 is 2.19 bits per heavy atom. The van der Waals surface area contributed by atoms with Crippen LogP contribution >= 0.6 is 11.3 Å². The first-order valence-corrected chi connectivity index (χ1v) is 9.73. The lowest BCUT2D eigenvalue weighted by Gasteiger charge is -2.32. The van der Waals surface area contributed by atoms with Crippen LogP contribution in [0.3, 0.4) is 0 Å². The number of nitrogens with one attached hydrogen (secondary N) is 1. The zero-order valence-electron chi connectivity index (χ0n) is 15.2. The van der Waals surface area contributed by atoms with Gasteiger partial charge in [0.2, 0.25) is 0 Å². The van der Waals surface area contributed by atoms with Gasteiger partial charge in [0.1, 0.15) is 5.69 Å². The number of nitrogens with zero attached hydrogens (tertiary/aromatic N) is 3. The Kier molecular flexibility index (Phi) is 4.53. The standard InChI is InChI=1S/C20H20N4O2S/c1-3-15-6-7-17(27-15)24-12-13(2)23-10-8-16(18(23)20(24)26)19(25)22-14-5-4-9-21-11-14/h4-11,13H,3,12H2,1-2H3,(H,22,25)/t13-/m0/s1. The molecule has 6 nitrogen and oxygen atoms in total. The second kappa shape index (κ2) is 7.00. The van der Waals surface area contributed by atoms with E-state index in [1.807, 2.05) is 16.8 Å². The van der Waals surface area contributed by atoms with Crippen molar-refractivity contribution in [3.63, 3.8) is 0 Å². The van der Waals surface area contributed by atoms with E-state index in [1.165, 1.54) is 4.88 Å². The highest BCUT2D eigenvalue weighted by atomic mass is 32.1. The monoisotopic (exact) mass is 380 g/mol. The van der Waals surface area contributed by atoms with Crippen molar-refractivity contribution in [2.45, 2.75) is 26.3 Å². The van der Waals surface area contributed by atoms with Gasteiger partial charge in [0.05, 0.1) is 22.4 Å². The molecule has 2 amide bonds. The molecule has 7 heteroatoms. The number of anilines is 2. The molecule has 0 unspecified atom stereocenters. The van der Waals surface area contributed by atoms with Gasteiger partial charge < -0.3 is 9.88 Å². The largest absolute Gasteiger partial charge is 0.338 e. The summed E-state index contributed by atoms with van der Waals surface area (Å²) in [5, 5.41) is 3.74. The van der Waals surface area contributed by atoms with Gasteiger partial charge >= 0.3 is 0 Å². The molecule has 138 valence electrons. The van der Waals surface area contributed by atoms with E-state index in [1.54, 1.807) is 46.8 Å². The molecule has 0 saturated heterocycles. The molecule has 4 rings (SSSR count). The Balaban J connectivity index is 1.67. The van der Waals surface area contributed by atoms with Crippen molar-refractivity contribution in [1.29, 1.82) is 0 Å². The van der Waals surface area contributed by atoms with E-state index in [-0.39, 0.29) is 17.9 Å². The number of carbonyl (C=O) groups excluding carboxylic acids is 2. The van der Waals surface area contributed by atoms with Gasteiger partial charge in [-0.15, -0.1) is 11.3 Å². The average Bonchev–Trinajstić information content (AvgIpc) is 3.33. The molecule has 3 aromatic rings. The zero-order valence-corrected chi connectivity index (χ0v) is 16.0. The van der Waals surface area contributed by atoms with Gasteiger partial charge in [0.25, 0.3) is 11.8 Å². The molecule has 0 radical (unpaired) electrons. The van der Waals surface area contributed by atoms with Crippen LogP contribution in [0.5, 0.6) is 0 Å². The van der Waals surface area contributed by atoms with Crippen molar-refractivity contribution in [2.24, 2.45) is 0 Å². The number of pyridine rings is 1. The Labute approximate surface area is 161 Å². The molecule has 0 saturated carbocycles. The summed E-state index contributed by atoms with van der Waals surface area (Å²) in [5.74, 6) is -0.446. The lowest BCUT2D eigenvalue weighted by Crippen LogP contribution is -2.42.